The van der Waals surface area contributed by atoms with E-state index in [4.69, 9.17) is 14.2 Å². The van der Waals surface area contributed by atoms with E-state index < -0.39 is 0 Å². The Morgan fingerprint density at radius 3 is 2.56 bits per heavy atom. The van der Waals surface area contributed by atoms with Crippen molar-refractivity contribution < 1.29 is 23.8 Å². The number of thiophene rings is 1. The third-order valence-electron chi connectivity index (χ3n) is 6.39. The zero-order valence-electron chi connectivity index (χ0n) is 21.1. The fourth-order valence-corrected chi connectivity index (χ4v) is 5.36. The Bertz CT molecular complexity index is 1210. The Kier molecular flexibility index (Phi) is 8.15. The van der Waals surface area contributed by atoms with Crippen molar-refractivity contribution >= 4 is 23.2 Å². The van der Waals surface area contributed by atoms with E-state index >= 15 is 0 Å². The molecule has 190 valence electrons. The van der Waals surface area contributed by atoms with Gasteiger partial charge in [0.05, 0.1) is 20.3 Å². The molecule has 0 fully saturated rings. The van der Waals surface area contributed by atoms with Crippen LogP contribution in [0.1, 0.15) is 40.7 Å². The van der Waals surface area contributed by atoms with Gasteiger partial charge in [-0.25, -0.2) is 0 Å². The number of para-hydroxylation sites is 2. The predicted octanol–water partition coefficient (Wildman–Crippen LogP) is 4.82. The van der Waals surface area contributed by atoms with Crippen molar-refractivity contribution in [2.24, 2.45) is 0 Å². The third kappa shape index (κ3) is 5.49. The molecule has 3 aromatic rings. The highest BCUT2D eigenvalue weighted by molar-refractivity contribution is 7.10. The van der Waals surface area contributed by atoms with Crippen LogP contribution in [0.4, 0.5) is 0 Å². The maximum atomic E-state index is 13.7. The van der Waals surface area contributed by atoms with Crippen molar-refractivity contribution in [3.63, 3.8) is 0 Å². The summed E-state index contributed by atoms with van der Waals surface area (Å²) in [6, 6.07) is 16.2. The van der Waals surface area contributed by atoms with Gasteiger partial charge in [-0.1, -0.05) is 18.2 Å². The van der Waals surface area contributed by atoms with E-state index in [1.54, 1.807) is 54.7 Å². The summed E-state index contributed by atoms with van der Waals surface area (Å²) in [6.45, 7) is 4.69. The fourth-order valence-electron chi connectivity index (χ4n) is 4.43. The second-order valence-electron chi connectivity index (χ2n) is 8.87. The summed E-state index contributed by atoms with van der Waals surface area (Å²) < 4.78 is 16.9. The first-order valence-electron chi connectivity index (χ1n) is 12.0. The predicted molar refractivity (Wildman–Crippen MR) is 140 cm³/mol. The second-order valence-corrected chi connectivity index (χ2v) is 9.87. The summed E-state index contributed by atoms with van der Waals surface area (Å²) >= 11 is 1.70. The minimum absolute atomic E-state index is 0.0155. The first-order valence-corrected chi connectivity index (χ1v) is 12.9. The van der Waals surface area contributed by atoms with E-state index in [-0.39, 0.29) is 30.4 Å². The molecule has 2 amide bonds. The van der Waals surface area contributed by atoms with Crippen LogP contribution in [0.5, 0.6) is 17.2 Å². The first kappa shape index (κ1) is 25.6. The molecule has 0 aliphatic carbocycles. The smallest absolute Gasteiger partial charge is 0.254 e. The van der Waals surface area contributed by atoms with Gasteiger partial charge in [0.25, 0.3) is 5.91 Å². The molecule has 8 heteroatoms. The highest BCUT2D eigenvalue weighted by atomic mass is 32.1. The Morgan fingerprint density at radius 1 is 1.06 bits per heavy atom. The summed E-state index contributed by atoms with van der Waals surface area (Å²) in [5.41, 5.74) is 1.59. The van der Waals surface area contributed by atoms with Crippen molar-refractivity contribution in [3.05, 3.63) is 76.0 Å². The van der Waals surface area contributed by atoms with Crippen molar-refractivity contribution in [1.29, 1.82) is 0 Å². The number of hydrogen-bond donors (Lipinski definition) is 0. The van der Waals surface area contributed by atoms with Crippen molar-refractivity contribution in [3.8, 4) is 17.2 Å². The SMILES string of the molecule is COc1cccc(C(=O)N(CC(=O)N2CCc3sccc3[C@@H]2COc2ccccc2OC)C(C)C)c1. The Hall–Kier alpha value is -3.52. The quantitative estimate of drug-likeness (QED) is 0.415. The topological polar surface area (TPSA) is 68.3 Å². The molecular weight excluding hydrogens is 476 g/mol. The van der Waals surface area contributed by atoms with Gasteiger partial charge in [0, 0.05) is 23.0 Å². The number of benzene rings is 2. The molecule has 0 spiro atoms. The van der Waals surface area contributed by atoms with Crippen LogP contribution in [0.15, 0.2) is 60.0 Å². The lowest BCUT2D eigenvalue weighted by molar-refractivity contribution is -0.136. The molecule has 2 heterocycles. The maximum Gasteiger partial charge on any atom is 0.254 e. The molecule has 0 saturated carbocycles. The van der Waals surface area contributed by atoms with Crippen LogP contribution in [-0.2, 0) is 11.2 Å². The molecule has 1 aromatic heterocycles. The molecular formula is C28H32N2O5S. The Balaban J connectivity index is 1.54. The highest BCUT2D eigenvalue weighted by Gasteiger charge is 2.34. The van der Waals surface area contributed by atoms with Gasteiger partial charge in [0.15, 0.2) is 11.5 Å². The summed E-state index contributed by atoms with van der Waals surface area (Å²) in [4.78, 5) is 31.8. The van der Waals surface area contributed by atoms with Crippen LogP contribution < -0.4 is 14.2 Å². The minimum Gasteiger partial charge on any atom is -0.497 e. The van der Waals surface area contributed by atoms with Crippen LogP contribution in [0, 0.1) is 0 Å². The largest absolute Gasteiger partial charge is 0.497 e. The summed E-state index contributed by atoms with van der Waals surface area (Å²) in [6.07, 6.45) is 0.787. The van der Waals surface area contributed by atoms with Gasteiger partial charge in [0.1, 0.15) is 18.9 Å². The van der Waals surface area contributed by atoms with Crippen LogP contribution in [-0.4, -0.2) is 61.6 Å². The summed E-state index contributed by atoms with van der Waals surface area (Å²) in [7, 11) is 3.17. The van der Waals surface area contributed by atoms with Gasteiger partial charge in [-0.2, -0.15) is 0 Å². The molecule has 0 unspecified atom stereocenters. The maximum absolute atomic E-state index is 13.7. The monoisotopic (exact) mass is 508 g/mol. The normalized spacial score (nSPS) is 14.8. The van der Waals surface area contributed by atoms with Crippen molar-refractivity contribution in [2.45, 2.75) is 32.4 Å². The van der Waals surface area contributed by atoms with Crippen molar-refractivity contribution in [2.75, 3.05) is 33.9 Å². The van der Waals surface area contributed by atoms with Crippen LogP contribution in [0.25, 0.3) is 0 Å². The molecule has 0 bridgehead atoms. The molecule has 1 aliphatic rings. The minimum atomic E-state index is -0.252. The van der Waals surface area contributed by atoms with Gasteiger partial charge in [-0.15, -0.1) is 11.3 Å². The zero-order valence-corrected chi connectivity index (χ0v) is 21.9. The van der Waals surface area contributed by atoms with Crippen LogP contribution >= 0.6 is 11.3 Å². The van der Waals surface area contributed by atoms with Gasteiger partial charge < -0.3 is 24.0 Å². The zero-order chi connectivity index (χ0) is 25.7. The first-order chi connectivity index (χ1) is 17.4. The molecule has 0 radical (unpaired) electrons. The van der Waals surface area contributed by atoms with E-state index in [1.807, 2.05) is 43.0 Å². The van der Waals surface area contributed by atoms with E-state index in [9.17, 15) is 9.59 Å². The lowest BCUT2D eigenvalue weighted by Gasteiger charge is -2.37. The number of hydrogen-bond acceptors (Lipinski definition) is 6. The number of carbonyl (C=O) groups is 2. The summed E-state index contributed by atoms with van der Waals surface area (Å²) in [5.74, 6) is 1.57. The van der Waals surface area contributed by atoms with Gasteiger partial charge in [-0.3, -0.25) is 9.59 Å². The van der Waals surface area contributed by atoms with E-state index in [0.29, 0.717) is 36.0 Å². The Morgan fingerprint density at radius 2 is 1.83 bits per heavy atom. The average Bonchev–Trinajstić information content (AvgIpc) is 3.39. The lowest BCUT2D eigenvalue weighted by atomic mass is 10.00. The number of fused-ring (bicyclic) bond motifs is 1. The molecule has 1 aliphatic heterocycles. The van der Waals surface area contributed by atoms with Gasteiger partial charge in [-0.05, 0) is 67.6 Å². The Labute approximate surface area is 216 Å². The van der Waals surface area contributed by atoms with E-state index in [1.165, 1.54) is 4.88 Å². The molecule has 7 nitrogen and oxygen atoms in total. The second kappa shape index (κ2) is 11.5. The molecule has 0 saturated heterocycles. The molecule has 4 rings (SSSR count). The summed E-state index contributed by atoms with van der Waals surface area (Å²) in [5, 5.41) is 2.06. The number of carbonyl (C=O) groups excluding carboxylic acids is 2. The van der Waals surface area contributed by atoms with Crippen LogP contribution in [0.3, 0.4) is 0 Å². The standard InChI is InChI=1S/C28H32N2O5S/c1-19(2)30(28(32)20-8-7-9-21(16-20)33-3)17-27(31)29-14-12-26-22(13-15-36-26)23(29)18-35-25-11-6-5-10-24(25)34-4/h5-11,13,15-16,19,23H,12,14,17-18H2,1-4H3/t23-/m0/s1. The highest BCUT2D eigenvalue weighted by Crippen LogP contribution is 2.35. The number of nitrogens with zero attached hydrogens (tertiary/aromatic N) is 2. The lowest BCUT2D eigenvalue weighted by Crippen LogP contribution is -2.49. The number of rotatable bonds is 9. The molecule has 36 heavy (non-hydrogen) atoms. The average molecular weight is 509 g/mol. The van der Waals surface area contributed by atoms with Crippen molar-refractivity contribution in [1.82, 2.24) is 9.80 Å². The van der Waals surface area contributed by atoms with E-state index in [0.717, 1.165) is 12.0 Å². The fraction of sp³-hybridized carbons (Fsp3) is 0.357. The number of ether oxygens (including phenoxy) is 3. The van der Waals surface area contributed by atoms with E-state index in [2.05, 4.69) is 11.4 Å². The van der Waals surface area contributed by atoms with Crippen LogP contribution in [0.2, 0.25) is 0 Å². The van der Waals surface area contributed by atoms with Gasteiger partial charge >= 0.3 is 0 Å². The third-order valence-corrected chi connectivity index (χ3v) is 7.38. The number of amides is 2. The molecule has 2 aromatic carbocycles. The number of methoxy groups -OCH3 is 2. The van der Waals surface area contributed by atoms with Gasteiger partial charge in [0.2, 0.25) is 5.91 Å². The molecule has 1 atom stereocenters. The molecule has 0 N–H and O–H groups in total.